The molecule has 2 aromatic rings. The summed E-state index contributed by atoms with van der Waals surface area (Å²) in [7, 11) is -1.16. The SMILES string of the molecule is O=[N+]([O-])c1cccc(C=CS(=O)Cc2ccc(Br)cc2)c1. The van der Waals surface area contributed by atoms with Gasteiger partial charge in [0.25, 0.3) is 5.69 Å². The minimum atomic E-state index is -1.16. The van der Waals surface area contributed by atoms with Gasteiger partial charge in [0.2, 0.25) is 0 Å². The molecule has 2 aromatic carbocycles. The first kappa shape index (κ1) is 15.6. The average molecular weight is 366 g/mol. The molecule has 4 nitrogen and oxygen atoms in total. The molecule has 1 atom stereocenters. The number of nitro groups is 1. The van der Waals surface area contributed by atoms with Crippen LogP contribution in [0.25, 0.3) is 6.08 Å². The third-order valence-corrected chi connectivity index (χ3v) is 4.30. The number of nitro benzene ring substituents is 1. The van der Waals surface area contributed by atoms with Gasteiger partial charge in [0.1, 0.15) is 0 Å². The molecule has 0 heterocycles. The lowest BCUT2D eigenvalue weighted by Crippen LogP contribution is -1.91. The Bertz CT molecular complexity index is 698. The van der Waals surface area contributed by atoms with Crippen LogP contribution < -0.4 is 0 Å². The van der Waals surface area contributed by atoms with Gasteiger partial charge in [-0.1, -0.05) is 40.2 Å². The number of non-ortho nitro benzene ring substituents is 1. The van der Waals surface area contributed by atoms with E-state index in [9.17, 15) is 14.3 Å². The van der Waals surface area contributed by atoms with Crippen molar-refractivity contribution in [1.29, 1.82) is 0 Å². The first-order chi connectivity index (χ1) is 10.0. The van der Waals surface area contributed by atoms with Gasteiger partial charge >= 0.3 is 0 Å². The monoisotopic (exact) mass is 365 g/mol. The molecule has 2 rings (SSSR count). The van der Waals surface area contributed by atoms with Crippen LogP contribution in [-0.4, -0.2) is 9.13 Å². The predicted molar refractivity (Wildman–Crippen MR) is 88.1 cm³/mol. The molecule has 0 aliphatic carbocycles. The van der Waals surface area contributed by atoms with Crippen LogP contribution in [0.4, 0.5) is 5.69 Å². The van der Waals surface area contributed by atoms with Crippen molar-refractivity contribution in [2.24, 2.45) is 0 Å². The van der Waals surface area contributed by atoms with Crippen LogP contribution in [0.2, 0.25) is 0 Å². The molecule has 6 heteroatoms. The fourth-order valence-electron chi connectivity index (χ4n) is 1.69. The molecule has 0 aliphatic rings. The van der Waals surface area contributed by atoms with Crippen molar-refractivity contribution in [2.75, 3.05) is 0 Å². The number of nitrogens with zero attached hydrogens (tertiary/aromatic N) is 1. The first-order valence-corrected chi connectivity index (χ1v) is 8.26. The number of rotatable bonds is 5. The lowest BCUT2D eigenvalue weighted by molar-refractivity contribution is -0.384. The van der Waals surface area contributed by atoms with Crippen LogP contribution in [0.1, 0.15) is 11.1 Å². The maximum Gasteiger partial charge on any atom is 0.270 e. The average Bonchev–Trinajstić information content (AvgIpc) is 2.48. The van der Waals surface area contributed by atoms with Gasteiger partial charge in [0, 0.05) is 22.0 Å². The highest BCUT2D eigenvalue weighted by Crippen LogP contribution is 2.15. The van der Waals surface area contributed by atoms with Crippen LogP contribution in [0.5, 0.6) is 0 Å². The maximum absolute atomic E-state index is 12.0. The van der Waals surface area contributed by atoms with Crippen LogP contribution in [0.15, 0.2) is 58.4 Å². The molecular formula is C15H12BrNO3S. The molecule has 0 bridgehead atoms. The lowest BCUT2D eigenvalue weighted by Gasteiger charge is -1.99. The summed E-state index contributed by atoms with van der Waals surface area (Å²) in [6.07, 6.45) is 1.64. The Balaban J connectivity index is 2.03. The van der Waals surface area contributed by atoms with E-state index in [1.165, 1.54) is 12.1 Å². The molecule has 0 aromatic heterocycles. The molecule has 21 heavy (non-hydrogen) atoms. The summed E-state index contributed by atoms with van der Waals surface area (Å²) in [4.78, 5) is 10.2. The second-order valence-corrected chi connectivity index (χ2v) is 6.54. The number of halogens is 1. The normalized spacial score (nSPS) is 12.4. The van der Waals surface area contributed by atoms with Gasteiger partial charge in [-0.05, 0) is 29.3 Å². The lowest BCUT2D eigenvalue weighted by atomic mass is 10.2. The van der Waals surface area contributed by atoms with Crippen LogP contribution in [0, 0.1) is 10.1 Å². The van der Waals surface area contributed by atoms with Gasteiger partial charge in [-0.25, -0.2) is 0 Å². The largest absolute Gasteiger partial charge is 0.270 e. The smallest absolute Gasteiger partial charge is 0.258 e. The molecule has 0 amide bonds. The van der Waals surface area contributed by atoms with Crippen molar-refractivity contribution in [3.05, 3.63) is 79.7 Å². The Morgan fingerprint density at radius 3 is 2.57 bits per heavy atom. The summed E-state index contributed by atoms with van der Waals surface area (Å²) in [6.45, 7) is 0. The molecule has 0 radical (unpaired) electrons. The summed E-state index contributed by atoms with van der Waals surface area (Å²) in [6, 6.07) is 13.8. The van der Waals surface area contributed by atoms with Crippen molar-refractivity contribution in [3.8, 4) is 0 Å². The van der Waals surface area contributed by atoms with Crippen molar-refractivity contribution in [1.82, 2.24) is 0 Å². The van der Waals surface area contributed by atoms with Gasteiger partial charge in [0.05, 0.1) is 21.5 Å². The number of hydrogen-bond acceptors (Lipinski definition) is 3. The van der Waals surface area contributed by atoms with Gasteiger partial charge in [0.15, 0.2) is 0 Å². The number of benzene rings is 2. The summed E-state index contributed by atoms with van der Waals surface area (Å²) in [5.74, 6) is 0.415. The number of hydrogen-bond donors (Lipinski definition) is 0. The summed E-state index contributed by atoms with van der Waals surface area (Å²) in [5.41, 5.74) is 1.66. The molecule has 0 fully saturated rings. The highest BCUT2D eigenvalue weighted by atomic mass is 79.9. The highest BCUT2D eigenvalue weighted by molar-refractivity contribution is 9.10. The summed E-state index contributed by atoms with van der Waals surface area (Å²) < 4.78 is 12.9. The molecule has 108 valence electrons. The second-order valence-electron chi connectivity index (χ2n) is 4.31. The van der Waals surface area contributed by atoms with Crippen molar-refractivity contribution >= 4 is 38.5 Å². The molecule has 0 saturated heterocycles. The molecule has 1 unspecified atom stereocenters. The van der Waals surface area contributed by atoms with E-state index >= 15 is 0 Å². The van der Waals surface area contributed by atoms with Crippen molar-refractivity contribution in [2.45, 2.75) is 5.75 Å². The Kier molecular flexibility index (Phi) is 5.41. The fourth-order valence-corrected chi connectivity index (χ4v) is 2.88. The Morgan fingerprint density at radius 1 is 1.19 bits per heavy atom. The van der Waals surface area contributed by atoms with Gasteiger partial charge in [-0.15, -0.1) is 0 Å². The summed E-state index contributed by atoms with van der Waals surface area (Å²) >= 11 is 3.35. The van der Waals surface area contributed by atoms with Crippen LogP contribution >= 0.6 is 15.9 Å². The maximum atomic E-state index is 12.0. The second kappa shape index (κ2) is 7.28. The zero-order valence-corrected chi connectivity index (χ0v) is 13.3. The van der Waals surface area contributed by atoms with Crippen molar-refractivity contribution < 1.29 is 9.13 Å². The zero-order chi connectivity index (χ0) is 15.2. The molecule has 0 saturated carbocycles. The summed E-state index contributed by atoms with van der Waals surface area (Å²) in [5, 5.41) is 12.2. The van der Waals surface area contributed by atoms with Gasteiger partial charge in [-0.3, -0.25) is 14.3 Å². The Hall–Kier alpha value is -1.79. The first-order valence-electron chi connectivity index (χ1n) is 6.09. The quantitative estimate of drug-likeness (QED) is 0.586. The van der Waals surface area contributed by atoms with E-state index < -0.39 is 15.7 Å². The molecular weight excluding hydrogens is 354 g/mol. The van der Waals surface area contributed by atoms with E-state index in [1.54, 1.807) is 23.6 Å². The zero-order valence-electron chi connectivity index (χ0n) is 10.9. The molecule has 0 N–H and O–H groups in total. The van der Waals surface area contributed by atoms with Crippen molar-refractivity contribution in [3.63, 3.8) is 0 Å². The topological polar surface area (TPSA) is 60.2 Å². The van der Waals surface area contributed by atoms with E-state index in [4.69, 9.17) is 0 Å². The fraction of sp³-hybridized carbons (Fsp3) is 0.0667. The Morgan fingerprint density at radius 2 is 1.90 bits per heavy atom. The predicted octanol–water partition coefficient (Wildman–Crippen LogP) is 4.28. The Labute approximate surface area is 133 Å². The van der Waals surface area contributed by atoms with Gasteiger partial charge in [-0.2, -0.15) is 0 Å². The van der Waals surface area contributed by atoms with Gasteiger partial charge < -0.3 is 0 Å². The van der Waals surface area contributed by atoms with E-state index in [-0.39, 0.29) is 5.69 Å². The standard InChI is InChI=1S/C15H12BrNO3S/c16-14-6-4-13(5-7-14)11-21(20)9-8-12-2-1-3-15(10-12)17(18)19/h1-10H,11H2. The van der Waals surface area contributed by atoms with Crippen LogP contribution in [0.3, 0.4) is 0 Å². The van der Waals surface area contributed by atoms with E-state index in [1.807, 2.05) is 24.3 Å². The van der Waals surface area contributed by atoms with Crippen LogP contribution in [-0.2, 0) is 16.6 Å². The van der Waals surface area contributed by atoms with E-state index in [0.717, 1.165) is 10.0 Å². The third-order valence-electron chi connectivity index (χ3n) is 2.72. The molecule has 0 spiro atoms. The minimum Gasteiger partial charge on any atom is -0.258 e. The van der Waals surface area contributed by atoms with E-state index in [2.05, 4.69) is 15.9 Å². The van der Waals surface area contributed by atoms with E-state index in [0.29, 0.717) is 11.3 Å². The highest BCUT2D eigenvalue weighted by Gasteiger charge is 2.04. The molecule has 0 aliphatic heterocycles. The minimum absolute atomic E-state index is 0.0239. The third kappa shape index (κ3) is 4.91.